The van der Waals surface area contributed by atoms with Crippen molar-refractivity contribution in [2.45, 2.75) is 58.3 Å². The van der Waals surface area contributed by atoms with E-state index in [1.807, 2.05) is 39.0 Å². The van der Waals surface area contributed by atoms with Gasteiger partial charge in [0.25, 0.3) is 0 Å². The van der Waals surface area contributed by atoms with Gasteiger partial charge in [0, 0.05) is 13.1 Å². The molecule has 0 spiro atoms. The number of nitrogens with zero attached hydrogens (tertiary/aromatic N) is 1. The summed E-state index contributed by atoms with van der Waals surface area (Å²) in [5.41, 5.74) is 0.564. The number of hydrogen-bond donors (Lipinski definition) is 0. The van der Waals surface area contributed by atoms with E-state index in [-0.39, 0.29) is 11.7 Å². The molecule has 1 aliphatic heterocycles. The fraction of sp³-hybridized carbons (Fsp3) is 0.611. The molecule has 0 aliphatic carbocycles. The molecular formula is C18H27NO3. The molecule has 0 radical (unpaired) electrons. The van der Waals surface area contributed by atoms with Crippen molar-refractivity contribution in [1.29, 1.82) is 0 Å². The Balaban J connectivity index is 1.81. The van der Waals surface area contributed by atoms with E-state index < -0.39 is 5.60 Å². The third-order valence-corrected chi connectivity index (χ3v) is 3.90. The maximum absolute atomic E-state index is 12.1. The van der Waals surface area contributed by atoms with Crippen LogP contribution in [0.5, 0.6) is 0 Å². The first kappa shape index (κ1) is 16.8. The molecule has 2 rings (SSSR count). The van der Waals surface area contributed by atoms with Gasteiger partial charge in [0.2, 0.25) is 0 Å². The predicted octanol–water partition coefficient (Wildman–Crippen LogP) is 3.99. The van der Waals surface area contributed by atoms with Gasteiger partial charge in [-0.1, -0.05) is 30.3 Å². The molecule has 22 heavy (non-hydrogen) atoms. The van der Waals surface area contributed by atoms with Crippen molar-refractivity contribution in [2.24, 2.45) is 0 Å². The second kappa shape index (κ2) is 6.69. The largest absolute Gasteiger partial charge is 0.444 e. The zero-order chi connectivity index (χ0) is 16.2. The van der Waals surface area contributed by atoms with Crippen LogP contribution in [0.15, 0.2) is 30.3 Å². The van der Waals surface area contributed by atoms with Crippen LogP contribution in [0.1, 0.15) is 46.1 Å². The van der Waals surface area contributed by atoms with Gasteiger partial charge in [0.1, 0.15) is 5.60 Å². The SMILES string of the molecule is CC(C)(C)OC(=O)N1CCC(C)(OCc2ccccc2)CC1. The van der Waals surface area contributed by atoms with Gasteiger partial charge in [0.05, 0.1) is 12.2 Å². The molecule has 1 heterocycles. The van der Waals surface area contributed by atoms with E-state index in [4.69, 9.17) is 9.47 Å². The fourth-order valence-electron chi connectivity index (χ4n) is 2.46. The Bertz CT molecular complexity index is 485. The van der Waals surface area contributed by atoms with Gasteiger partial charge in [-0.15, -0.1) is 0 Å². The van der Waals surface area contributed by atoms with Gasteiger partial charge in [-0.25, -0.2) is 4.79 Å². The third-order valence-electron chi connectivity index (χ3n) is 3.90. The smallest absolute Gasteiger partial charge is 0.410 e. The normalized spacial score (nSPS) is 18.1. The van der Waals surface area contributed by atoms with Crippen molar-refractivity contribution in [2.75, 3.05) is 13.1 Å². The standard InChI is InChI=1S/C18H27NO3/c1-17(2,3)22-16(20)19-12-10-18(4,11-13-19)21-14-15-8-6-5-7-9-15/h5-9H,10-14H2,1-4H3. The van der Waals surface area contributed by atoms with Gasteiger partial charge in [-0.05, 0) is 46.1 Å². The topological polar surface area (TPSA) is 38.8 Å². The molecule has 1 fully saturated rings. The lowest BCUT2D eigenvalue weighted by molar-refractivity contribution is -0.0811. The van der Waals surface area contributed by atoms with Crippen molar-refractivity contribution < 1.29 is 14.3 Å². The van der Waals surface area contributed by atoms with E-state index >= 15 is 0 Å². The first-order valence-corrected chi connectivity index (χ1v) is 7.93. The first-order chi connectivity index (χ1) is 10.3. The lowest BCUT2D eigenvalue weighted by atomic mass is 9.93. The van der Waals surface area contributed by atoms with Crippen LogP contribution in [0.4, 0.5) is 4.79 Å². The zero-order valence-electron chi connectivity index (χ0n) is 14.1. The van der Waals surface area contributed by atoms with Crippen molar-refractivity contribution in [3.63, 3.8) is 0 Å². The summed E-state index contributed by atoms with van der Waals surface area (Å²) in [7, 11) is 0. The maximum atomic E-state index is 12.1. The molecule has 4 nitrogen and oxygen atoms in total. The summed E-state index contributed by atoms with van der Waals surface area (Å²) in [5.74, 6) is 0. The fourth-order valence-corrected chi connectivity index (χ4v) is 2.46. The minimum Gasteiger partial charge on any atom is -0.444 e. The van der Waals surface area contributed by atoms with E-state index in [0.29, 0.717) is 19.7 Å². The molecule has 0 aromatic heterocycles. The number of rotatable bonds is 3. The number of likely N-dealkylation sites (tertiary alicyclic amines) is 1. The highest BCUT2D eigenvalue weighted by molar-refractivity contribution is 5.68. The minimum absolute atomic E-state index is 0.172. The minimum atomic E-state index is -0.443. The van der Waals surface area contributed by atoms with Crippen LogP contribution in [-0.4, -0.2) is 35.3 Å². The van der Waals surface area contributed by atoms with E-state index in [9.17, 15) is 4.79 Å². The number of ether oxygens (including phenoxy) is 2. The van der Waals surface area contributed by atoms with E-state index in [2.05, 4.69) is 19.1 Å². The average Bonchev–Trinajstić information content (AvgIpc) is 2.45. The van der Waals surface area contributed by atoms with E-state index in [1.165, 1.54) is 5.56 Å². The second-order valence-corrected chi connectivity index (χ2v) is 7.19. The number of benzene rings is 1. The van der Waals surface area contributed by atoms with Gasteiger partial charge >= 0.3 is 6.09 Å². The average molecular weight is 305 g/mol. The highest BCUT2D eigenvalue weighted by atomic mass is 16.6. The number of amides is 1. The Kier molecular flexibility index (Phi) is 5.12. The summed E-state index contributed by atoms with van der Waals surface area (Å²) in [6, 6.07) is 10.2. The van der Waals surface area contributed by atoms with Crippen molar-refractivity contribution in [1.82, 2.24) is 4.90 Å². The van der Waals surface area contributed by atoms with Crippen LogP contribution < -0.4 is 0 Å². The summed E-state index contributed by atoms with van der Waals surface area (Å²) in [5, 5.41) is 0. The lowest BCUT2D eigenvalue weighted by Gasteiger charge is -2.39. The van der Waals surface area contributed by atoms with Crippen LogP contribution in [0.25, 0.3) is 0 Å². The summed E-state index contributed by atoms with van der Waals surface area (Å²) in [6.45, 7) is 9.78. The maximum Gasteiger partial charge on any atom is 0.410 e. The Hall–Kier alpha value is -1.55. The number of hydrogen-bond acceptors (Lipinski definition) is 3. The monoisotopic (exact) mass is 305 g/mol. The summed E-state index contributed by atoms with van der Waals surface area (Å²) >= 11 is 0. The Morgan fingerprint density at radius 1 is 1.18 bits per heavy atom. The van der Waals surface area contributed by atoms with Crippen LogP contribution >= 0.6 is 0 Å². The molecule has 0 saturated carbocycles. The van der Waals surface area contributed by atoms with Gasteiger partial charge in [-0.2, -0.15) is 0 Å². The first-order valence-electron chi connectivity index (χ1n) is 7.93. The highest BCUT2D eigenvalue weighted by Gasteiger charge is 2.34. The quantitative estimate of drug-likeness (QED) is 0.847. The summed E-state index contributed by atoms with van der Waals surface area (Å²) < 4.78 is 11.5. The molecule has 1 saturated heterocycles. The Labute approximate surface area is 133 Å². The lowest BCUT2D eigenvalue weighted by Crippen LogP contribution is -2.47. The van der Waals surface area contributed by atoms with Gasteiger partial charge in [-0.3, -0.25) is 0 Å². The second-order valence-electron chi connectivity index (χ2n) is 7.19. The molecule has 1 aromatic rings. The van der Waals surface area contributed by atoms with Gasteiger partial charge < -0.3 is 14.4 Å². The van der Waals surface area contributed by atoms with Crippen molar-refractivity contribution >= 4 is 6.09 Å². The number of carbonyl (C=O) groups is 1. The van der Waals surface area contributed by atoms with Gasteiger partial charge in [0.15, 0.2) is 0 Å². The highest BCUT2D eigenvalue weighted by Crippen LogP contribution is 2.28. The molecule has 1 aromatic carbocycles. The number of carbonyl (C=O) groups excluding carboxylic acids is 1. The van der Waals surface area contributed by atoms with Crippen LogP contribution in [0.3, 0.4) is 0 Å². The van der Waals surface area contributed by atoms with Crippen LogP contribution in [0, 0.1) is 0 Å². The molecule has 1 amide bonds. The van der Waals surface area contributed by atoms with Crippen molar-refractivity contribution in [3.05, 3.63) is 35.9 Å². The number of piperidine rings is 1. The van der Waals surface area contributed by atoms with E-state index in [1.54, 1.807) is 4.90 Å². The third kappa shape index (κ3) is 5.02. The van der Waals surface area contributed by atoms with Crippen LogP contribution in [0.2, 0.25) is 0 Å². The molecule has 0 N–H and O–H groups in total. The molecule has 1 aliphatic rings. The summed E-state index contributed by atoms with van der Waals surface area (Å²) in [4.78, 5) is 13.8. The molecule has 0 atom stereocenters. The predicted molar refractivity (Wildman–Crippen MR) is 86.7 cm³/mol. The van der Waals surface area contributed by atoms with Crippen LogP contribution in [-0.2, 0) is 16.1 Å². The Morgan fingerprint density at radius 3 is 2.32 bits per heavy atom. The zero-order valence-corrected chi connectivity index (χ0v) is 14.1. The van der Waals surface area contributed by atoms with E-state index in [0.717, 1.165) is 12.8 Å². The molecule has 122 valence electrons. The molecule has 0 unspecified atom stereocenters. The molecule has 0 bridgehead atoms. The Morgan fingerprint density at radius 2 is 1.77 bits per heavy atom. The molecule has 4 heteroatoms. The van der Waals surface area contributed by atoms with Crippen molar-refractivity contribution in [3.8, 4) is 0 Å². The summed E-state index contributed by atoms with van der Waals surface area (Å²) in [6.07, 6.45) is 1.44. The molecular weight excluding hydrogens is 278 g/mol.